The molecule has 100 valence electrons. The number of nitrogen functional groups attached to an aromatic ring is 1. The van der Waals surface area contributed by atoms with Crippen molar-refractivity contribution in [3.8, 4) is 0 Å². The number of carboxylic acid groups (broad SMARTS) is 1. The van der Waals surface area contributed by atoms with Crippen molar-refractivity contribution >= 4 is 28.7 Å². The number of aromatic carboxylic acids is 1. The number of benzene rings is 1. The summed E-state index contributed by atoms with van der Waals surface area (Å²) in [5, 5.41) is 11.3. The van der Waals surface area contributed by atoms with Crippen LogP contribution in [0.25, 0.3) is 0 Å². The first-order chi connectivity index (χ1) is 9.00. The largest absolute Gasteiger partial charge is 0.478 e. The lowest BCUT2D eigenvalue weighted by molar-refractivity contribution is 0.0697. The highest BCUT2D eigenvalue weighted by Crippen LogP contribution is 2.31. The molecule has 19 heavy (non-hydrogen) atoms. The van der Waals surface area contributed by atoms with Crippen molar-refractivity contribution in [1.82, 2.24) is 0 Å². The highest BCUT2D eigenvalue weighted by atomic mass is 32.1. The molecule has 2 rings (SSSR count). The van der Waals surface area contributed by atoms with Gasteiger partial charge in [0, 0.05) is 17.6 Å². The van der Waals surface area contributed by atoms with Gasteiger partial charge in [0.15, 0.2) is 0 Å². The summed E-state index contributed by atoms with van der Waals surface area (Å²) in [4.78, 5) is 14.4. The number of hydrogen-bond acceptors (Lipinski definition) is 4. The molecule has 0 aliphatic carbocycles. The number of carbonyl (C=O) groups is 1. The third kappa shape index (κ3) is 2.71. The number of rotatable bonds is 4. The van der Waals surface area contributed by atoms with E-state index in [1.165, 1.54) is 4.88 Å². The molecule has 0 aliphatic rings. The first-order valence-corrected chi connectivity index (χ1v) is 6.77. The van der Waals surface area contributed by atoms with Gasteiger partial charge in [-0.05, 0) is 36.6 Å². The van der Waals surface area contributed by atoms with Crippen LogP contribution in [0.2, 0.25) is 0 Å². The molecular weight excluding hydrogens is 260 g/mol. The number of thiophene rings is 1. The summed E-state index contributed by atoms with van der Waals surface area (Å²) in [6.45, 7) is 2.04. The van der Waals surface area contributed by atoms with E-state index in [4.69, 9.17) is 5.73 Å². The third-order valence-electron chi connectivity index (χ3n) is 3.17. The molecule has 0 saturated carbocycles. The Labute approximate surface area is 116 Å². The van der Waals surface area contributed by atoms with Gasteiger partial charge in [-0.2, -0.15) is 0 Å². The van der Waals surface area contributed by atoms with E-state index in [1.54, 1.807) is 29.5 Å². The first-order valence-electron chi connectivity index (χ1n) is 5.89. The van der Waals surface area contributed by atoms with Crippen LogP contribution in [0, 0.1) is 0 Å². The Hall–Kier alpha value is -2.01. The molecule has 0 aliphatic heterocycles. The average molecular weight is 276 g/mol. The Balaban J connectivity index is 2.40. The topological polar surface area (TPSA) is 66.6 Å². The summed E-state index contributed by atoms with van der Waals surface area (Å²) in [7, 11) is 1.88. The van der Waals surface area contributed by atoms with Crippen LogP contribution in [-0.2, 0) is 0 Å². The van der Waals surface area contributed by atoms with E-state index in [1.807, 2.05) is 36.4 Å². The van der Waals surface area contributed by atoms with Gasteiger partial charge < -0.3 is 15.7 Å². The second kappa shape index (κ2) is 5.32. The van der Waals surface area contributed by atoms with Crippen molar-refractivity contribution in [2.45, 2.75) is 13.0 Å². The van der Waals surface area contributed by atoms with E-state index < -0.39 is 5.97 Å². The third-order valence-corrected chi connectivity index (χ3v) is 4.21. The van der Waals surface area contributed by atoms with Gasteiger partial charge >= 0.3 is 5.97 Å². The lowest BCUT2D eigenvalue weighted by atomic mass is 10.1. The Kier molecular flexibility index (Phi) is 3.76. The molecule has 1 atom stereocenters. The normalized spacial score (nSPS) is 12.1. The number of nitrogens with zero attached hydrogens (tertiary/aromatic N) is 1. The van der Waals surface area contributed by atoms with E-state index in [0.29, 0.717) is 11.4 Å². The fourth-order valence-electron chi connectivity index (χ4n) is 1.95. The summed E-state index contributed by atoms with van der Waals surface area (Å²) >= 11 is 1.65. The van der Waals surface area contributed by atoms with Crippen molar-refractivity contribution in [2.75, 3.05) is 17.7 Å². The second-order valence-electron chi connectivity index (χ2n) is 4.38. The molecule has 5 heteroatoms. The number of nitrogens with two attached hydrogens (primary N) is 1. The minimum Gasteiger partial charge on any atom is -0.478 e. The van der Waals surface area contributed by atoms with Gasteiger partial charge in [0.25, 0.3) is 0 Å². The number of hydrogen-bond donors (Lipinski definition) is 2. The standard InChI is InChI=1S/C14H16N2O2S/c1-9(13-4-3-7-19-13)16(2)12-8-10(15)5-6-11(12)14(17)18/h3-9H,15H2,1-2H3,(H,17,18). The lowest BCUT2D eigenvalue weighted by Crippen LogP contribution is -2.23. The smallest absolute Gasteiger partial charge is 0.337 e. The van der Waals surface area contributed by atoms with Crippen molar-refractivity contribution in [1.29, 1.82) is 0 Å². The van der Waals surface area contributed by atoms with Crippen LogP contribution >= 0.6 is 11.3 Å². The fraction of sp³-hybridized carbons (Fsp3) is 0.214. The fourth-order valence-corrected chi connectivity index (χ4v) is 2.78. The van der Waals surface area contributed by atoms with Gasteiger partial charge in [-0.15, -0.1) is 11.3 Å². The van der Waals surface area contributed by atoms with Crippen molar-refractivity contribution in [2.24, 2.45) is 0 Å². The van der Waals surface area contributed by atoms with E-state index in [0.717, 1.165) is 0 Å². The molecule has 0 amide bonds. The number of carboxylic acids is 1. The summed E-state index contributed by atoms with van der Waals surface area (Å²) in [6.07, 6.45) is 0. The number of anilines is 2. The van der Waals surface area contributed by atoms with Crippen molar-refractivity contribution in [3.05, 3.63) is 46.2 Å². The van der Waals surface area contributed by atoms with Crippen LogP contribution in [0.3, 0.4) is 0 Å². The van der Waals surface area contributed by atoms with Gasteiger partial charge in [0.2, 0.25) is 0 Å². The molecule has 0 spiro atoms. The predicted octanol–water partition coefficient (Wildman–Crippen LogP) is 3.23. The molecule has 4 nitrogen and oxygen atoms in total. The summed E-state index contributed by atoms with van der Waals surface area (Å²) in [5.41, 5.74) is 7.22. The zero-order chi connectivity index (χ0) is 14.0. The molecule has 1 aromatic carbocycles. The first kappa shape index (κ1) is 13.4. The molecule has 0 radical (unpaired) electrons. The maximum atomic E-state index is 11.3. The molecule has 2 aromatic rings. The van der Waals surface area contributed by atoms with Crippen molar-refractivity contribution < 1.29 is 9.90 Å². The van der Waals surface area contributed by atoms with Gasteiger partial charge in [-0.1, -0.05) is 6.07 Å². The average Bonchev–Trinajstić information content (AvgIpc) is 2.90. The molecular formula is C14H16N2O2S. The molecule has 0 saturated heterocycles. The van der Waals surface area contributed by atoms with Gasteiger partial charge in [-0.25, -0.2) is 4.79 Å². The molecule has 0 fully saturated rings. The maximum Gasteiger partial charge on any atom is 0.337 e. The SMILES string of the molecule is CC(c1cccs1)N(C)c1cc(N)ccc1C(=O)O. The van der Waals surface area contributed by atoms with Gasteiger partial charge in [0.05, 0.1) is 17.3 Å². The predicted molar refractivity (Wildman–Crippen MR) is 79.0 cm³/mol. The molecule has 0 bridgehead atoms. The molecule has 3 N–H and O–H groups in total. The highest BCUT2D eigenvalue weighted by molar-refractivity contribution is 7.10. The van der Waals surface area contributed by atoms with Crippen LogP contribution in [0.15, 0.2) is 35.7 Å². The molecule has 1 heterocycles. The van der Waals surface area contributed by atoms with Crippen LogP contribution in [0.1, 0.15) is 28.2 Å². The highest BCUT2D eigenvalue weighted by Gasteiger charge is 2.19. The second-order valence-corrected chi connectivity index (χ2v) is 5.36. The van der Waals surface area contributed by atoms with Crippen LogP contribution < -0.4 is 10.6 Å². The quantitative estimate of drug-likeness (QED) is 0.841. The van der Waals surface area contributed by atoms with Crippen LogP contribution in [0.4, 0.5) is 11.4 Å². The van der Waals surface area contributed by atoms with Crippen molar-refractivity contribution in [3.63, 3.8) is 0 Å². The Morgan fingerprint density at radius 3 is 2.74 bits per heavy atom. The zero-order valence-corrected chi connectivity index (χ0v) is 11.6. The summed E-state index contributed by atoms with van der Waals surface area (Å²) in [5.74, 6) is -0.944. The van der Waals surface area contributed by atoms with E-state index >= 15 is 0 Å². The van der Waals surface area contributed by atoms with Crippen LogP contribution in [-0.4, -0.2) is 18.1 Å². The van der Waals surface area contributed by atoms with Gasteiger partial charge in [0.1, 0.15) is 0 Å². The van der Waals surface area contributed by atoms with E-state index in [-0.39, 0.29) is 11.6 Å². The molecule has 1 aromatic heterocycles. The Morgan fingerprint density at radius 1 is 1.42 bits per heavy atom. The van der Waals surface area contributed by atoms with Crippen LogP contribution in [0.5, 0.6) is 0 Å². The lowest BCUT2D eigenvalue weighted by Gasteiger charge is -2.27. The Morgan fingerprint density at radius 2 is 2.16 bits per heavy atom. The molecule has 1 unspecified atom stereocenters. The summed E-state index contributed by atoms with van der Waals surface area (Å²) < 4.78 is 0. The van der Waals surface area contributed by atoms with E-state index in [9.17, 15) is 9.90 Å². The Bertz CT molecular complexity index is 581. The minimum absolute atomic E-state index is 0.0971. The monoisotopic (exact) mass is 276 g/mol. The maximum absolute atomic E-state index is 11.3. The van der Waals surface area contributed by atoms with Gasteiger partial charge in [-0.3, -0.25) is 0 Å². The zero-order valence-electron chi connectivity index (χ0n) is 10.8. The minimum atomic E-state index is -0.944. The summed E-state index contributed by atoms with van der Waals surface area (Å²) in [6, 6.07) is 8.98. The van der Waals surface area contributed by atoms with E-state index in [2.05, 4.69) is 0 Å².